The van der Waals surface area contributed by atoms with Gasteiger partial charge in [0.15, 0.2) is 4.77 Å². The Kier molecular flexibility index (Phi) is 2.88. The van der Waals surface area contributed by atoms with Gasteiger partial charge in [-0.25, -0.2) is 4.68 Å². The molecule has 0 aromatic carbocycles. The van der Waals surface area contributed by atoms with E-state index >= 15 is 0 Å². The SMILES string of the molecule is CN1CCN(n2ccc(=O)[nH]c2=S)CC1. The molecule has 0 aliphatic carbocycles. The van der Waals surface area contributed by atoms with Crippen molar-refractivity contribution < 1.29 is 0 Å². The van der Waals surface area contributed by atoms with Crippen LogP contribution in [0.2, 0.25) is 0 Å². The van der Waals surface area contributed by atoms with Crippen molar-refractivity contribution >= 4 is 12.2 Å². The molecule has 2 rings (SSSR count). The van der Waals surface area contributed by atoms with E-state index in [9.17, 15) is 4.79 Å². The predicted molar refractivity (Wildman–Crippen MR) is 61.3 cm³/mol. The molecule has 1 fully saturated rings. The standard InChI is InChI=1S/C9H14N4OS/c1-11-4-6-12(7-5-11)13-3-2-8(14)10-9(13)15/h2-3H,4-7H2,1H3,(H,10,14,15). The molecule has 1 aliphatic heterocycles. The molecule has 82 valence electrons. The maximum Gasteiger partial charge on any atom is 0.251 e. The predicted octanol–water partition coefficient (Wildman–Crippen LogP) is -0.211. The number of nitrogens with one attached hydrogen (secondary N) is 1. The van der Waals surface area contributed by atoms with Crippen LogP contribution in [-0.2, 0) is 0 Å². The van der Waals surface area contributed by atoms with Crippen molar-refractivity contribution in [2.24, 2.45) is 0 Å². The Bertz CT molecular complexity index is 444. The summed E-state index contributed by atoms with van der Waals surface area (Å²) in [6, 6.07) is 1.49. The lowest BCUT2D eigenvalue weighted by atomic mass is 10.4. The zero-order valence-corrected chi connectivity index (χ0v) is 9.46. The van der Waals surface area contributed by atoms with Crippen molar-refractivity contribution in [1.29, 1.82) is 0 Å². The summed E-state index contributed by atoms with van der Waals surface area (Å²) in [5.41, 5.74) is -0.148. The Balaban J connectivity index is 2.23. The van der Waals surface area contributed by atoms with E-state index in [1.54, 1.807) is 6.20 Å². The fourth-order valence-electron chi connectivity index (χ4n) is 1.64. The molecular weight excluding hydrogens is 212 g/mol. The number of aromatic amines is 1. The Hall–Kier alpha value is -1.14. The molecule has 15 heavy (non-hydrogen) atoms. The zero-order valence-electron chi connectivity index (χ0n) is 8.64. The normalized spacial score (nSPS) is 18.1. The van der Waals surface area contributed by atoms with Crippen molar-refractivity contribution in [2.45, 2.75) is 0 Å². The molecule has 6 heteroatoms. The molecule has 0 unspecified atom stereocenters. The van der Waals surface area contributed by atoms with E-state index in [0.29, 0.717) is 4.77 Å². The lowest BCUT2D eigenvalue weighted by Crippen LogP contribution is -2.50. The van der Waals surface area contributed by atoms with E-state index in [0.717, 1.165) is 26.2 Å². The first-order valence-corrected chi connectivity index (χ1v) is 5.33. The van der Waals surface area contributed by atoms with Crippen molar-refractivity contribution in [3.05, 3.63) is 27.4 Å². The minimum Gasteiger partial charge on any atom is -0.308 e. The van der Waals surface area contributed by atoms with Gasteiger partial charge in [-0.1, -0.05) is 0 Å². The molecule has 0 bridgehead atoms. The van der Waals surface area contributed by atoms with Gasteiger partial charge in [-0.2, -0.15) is 0 Å². The summed E-state index contributed by atoms with van der Waals surface area (Å²) < 4.78 is 2.30. The molecule has 0 amide bonds. The second kappa shape index (κ2) is 4.16. The van der Waals surface area contributed by atoms with Gasteiger partial charge in [0.05, 0.1) is 0 Å². The average Bonchev–Trinajstić information content (AvgIpc) is 2.20. The fourth-order valence-corrected chi connectivity index (χ4v) is 1.92. The highest BCUT2D eigenvalue weighted by molar-refractivity contribution is 7.71. The van der Waals surface area contributed by atoms with Crippen molar-refractivity contribution in [2.75, 3.05) is 38.2 Å². The second-order valence-corrected chi connectivity index (χ2v) is 4.10. The van der Waals surface area contributed by atoms with Crippen LogP contribution >= 0.6 is 12.2 Å². The van der Waals surface area contributed by atoms with Crippen molar-refractivity contribution in [3.63, 3.8) is 0 Å². The Morgan fingerprint density at radius 1 is 1.33 bits per heavy atom. The highest BCUT2D eigenvalue weighted by Crippen LogP contribution is 1.98. The Morgan fingerprint density at radius 2 is 2.00 bits per heavy atom. The summed E-state index contributed by atoms with van der Waals surface area (Å²) in [5.74, 6) is 0. The van der Waals surface area contributed by atoms with Gasteiger partial charge in [-0.3, -0.25) is 9.78 Å². The molecule has 1 N–H and O–H groups in total. The Morgan fingerprint density at radius 3 is 2.60 bits per heavy atom. The lowest BCUT2D eigenvalue weighted by Gasteiger charge is -2.34. The summed E-state index contributed by atoms with van der Waals surface area (Å²) >= 11 is 5.10. The minimum atomic E-state index is -0.148. The van der Waals surface area contributed by atoms with Crippen LogP contribution in [0.1, 0.15) is 0 Å². The van der Waals surface area contributed by atoms with Gasteiger partial charge in [0.25, 0.3) is 5.56 Å². The highest BCUT2D eigenvalue weighted by Gasteiger charge is 2.13. The summed E-state index contributed by atoms with van der Waals surface area (Å²) in [4.78, 5) is 15.9. The summed E-state index contributed by atoms with van der Waals surface area (Å²) in [5, 5.41) is 2.14. The molecule has 2 heterocycles. The summed E-state index contributed by atoms with van der Waals surface area (Å²) in [6.45, 7) is 3.88. The van der Waals surface area contributed by atoms with Gasteiger partial charge in [-0.15, -0.1) is 0 Å². The summed E-state index contributed by atoms with van der Waals surface area (Å²) in [6.07, 6.45) is 1.73. The molecule has 5 nitrogen and oxygen atoms in total. The molecule has 1 aromatic rings. The number of likely N-dealkylation sites (N-methyl/N-ethyl adjacent to an activating group) is 1. The fraction of sp³-hybridized carbons (Fsp3) is 0.556. The van der Waals surface area contributed by atoms with Gasteiger partial charge >= 0.3 is 0 Å². The third-order valence-electron chi connectivity index (χ3n) is 2.59. The van der Waals surface area contributed by atoms with E-state index in [4.69, 9.17) is 12.2 Å². The molecule has 0 atom stereocenters. The van der Waals surface area contributed by atoms with Crippen LogP contribution in [0.5, 0.6) is 0 Å². The van der Waals surface area contributed by atoms with Gasteiger partial charge < -0.3 is 9.91 Å². The molecule has 0 spiro atoms. The lowest BCUT2D eigenvalue weighted by molar-refractivity contribution is 0.285. The van der Waals surface area contributed by atoms with Crippen LogP contribution in [-0.4, -0.2) is 47.8 Å². The van der Waals surface area contributed by atoms with Crippen LogP contribution in [0.4, 0.5) is 0 Å². The van der Waals surface area contributed by atoms with Gasteiger partial charge in [-0.05, 0) is 19.3 Å². The van der Waals surface area contributed by atoms with E-state index in [1.807, 2.05) is 4.68 Å². The third kappa shape index (κ3) is 2.27. The van der Waals surface area contributed by atoms with Crippen LogP contribution in [0, 0.1) is 4.77 Å². The maximum atomic E-state index is 11.0. The number of rotatable bonds is 1. The van der Waals surface area contributed by atoms with Crippen molar-refractivity contribution in [1.82, 2.24) is 14.6 Å². The number of hydrogen-bond acceptors (Lipinski definition) is 4. The summed E-state index contributed by atoms with van der Waals surface area (Å²) in [7, 11) is 2.10. The maximum absolute atomic E-state index is 11.0. The first-order valence-electron chi connectivity index (χ1n) is 4.92. The smallest absolute Gasteiger partial charge is 0.251 e. The largest absolute Gasteiger partial charge is 0.308 e. The van der Waals surface area contributed by atoms with Crippen LogP contribution in [0.25, 0.3) is 0 Å². The van der Waals surface area contributed by atoms with E-state index in [-0.39, 0.29) is 5.56 Å². The quantitative estimate of drug-likeness (QED) is 0.673. The van der Waals surface area contributed by atoms with Gasteiger partial charge in [0.1, 0.15) is 0 Å². The average molecular weight is 226 g/mol. The van der Waals surface area contributed by atoms with E-state index in [1.165, 1.54) is 6.07 Å². The van der Waals surface area contributed by atoms with E-state index < -0.39 is 0 Å². The molecule has 1 saturated heterocycles. The first kappa shape index (κ1) is 10.4. The van der Waals surface area contributed by atoms with Gasteiger partial charge in [0.2, 0.25) is 0 Å². The minimum absolute atomic E-state index is 0.148. The number of H-pyrrole nitrogens is 1. The van der Waals surface area contributed by atoms with Crippen molar-refractivity contribution in [3.8, 4) is 0 Å². The molecule has 1 aromatic heterocycles. The topological polar surface area (TPSA) is 44.3 Å². The third-order valence-corrected chi connectivity index (χ3v) is 2.88. The molecule has 1 aliphatic rings. The zero-order chi connectivity index (χ0) is 10.8. The van der Waals surface area contributed by atoms with Gasteiger partial charge in [0, 0.05) is 38.4 Å². The second-order valence-electron chi connectivity index (χ2n) is 3.71. The van der Waals surface area contributed by atoms with E-state index in [2.05, 4.69) is 21.9 Å². The molecular formula is C9H14N4OS. The van der Waals surface area contributed by atoms with Crippen LogP contribution in [0.3, 0.4) is 0 Å². The van der Waals surface area contributed by atoms with Crippen LogP contribution < -0.4 is 10.6 Å². The molecule has 0 saturated carbocycles. The highest BCUT2D eigenvalue weighted by atomic mass is 32.1. The first-order chi connectivity index (χ1) is 7.16. The number of piperazine rings is 1. The monoisotopic (exact) mass is 226 g/mol. The van der Waals surface area contributed by atoms with Crippen LogP contribution in [0.15, 0.2) is 17.1 Å². The number of aromatic nitrogens is 2. The number of hydrogen-bond donors (Lipinski definition) is 1. The number of nitrogens with zero attached hydrogens (tertiary/aromatic N) is 3. The molecule has 0 radical (unpaired) electrons. The Labute approximate surface area is 92.9 Å².